The van der Waals surface area contributed by atoms with E-state index in [1.807, 2.05) is 17.4 Å². The number of aromatic nitrogens is 2. The minimum absolute atomic E-state index is 0.0675. The zero-order valence-electron chi connectivity index (χ0n) is 34.0. The molecule has 0 radical (unpaired) electrons. The highest BCUT2D eigenvalue weighted by Gasteiger charge is 2.24. The summed E-state index contributed by atoms with van der Waals surface area (Å²) < 4.78 is 7.07. The van der Waals surface area contributed by atoms with Crippen molar-refractivity contribution in [2.45, 2.75) is 6.92 Å². The van der Waals surface area contributed by atoms with E-state index in [9.17, 15) is 10.1 Å². The summed E-state index contributed by atoms with van der Waals surface area (Å²) >= 11 is 1.81. The van der Waals surface area contributed by atoms with Crippen LogP contribution in [0.4, 0.5) is 5.69 Å². The zero-order valence-corrected chi connectivity index (χ0v) is 34.9. The van der Waals surface area contributed by atoms with Gasteiger partial charge in [0.1, 0.15) is 0 Å². The van der Waals surface area contributed by atoms with Gasteiger partial charge in [-0.25, -0.2) is 0 Å². The minimum Gasteiger partial charge on any atom is -0.309 e. The Labute approximate surface area is 365 Å². The van der Waals surface area contributed by atoms with Crippen LogP contribution in [0.25, 0.3) is 119 Å². The zero-order chi connectivity index (χ0) is 41.9. The molecule has 0 aliphatic rings. The average molecular weight is 826 g/mol. The van der Waals surface area contributed by atoms with Crippen LogP contribution in [0.1, 0.15) is 5.56 Å². The highest BCUT2D eigenvalue weighted by atomic mass is 32.1. The summed E-state index contributed by atoms with van der Waals surface area (Å²) in [5.41, 5.74) is 12.2. The molecule has 0 aliphatic carbocycles. The second kappa shape index (κ2) is 13.5. The van der Waals surface area contributed by atoms with Gasteiger partial charge in [0.15, 0.2) is 0 Å². The van der Waals surface area contributed by atoms with Gasteiger partial charge in [-0.3, -0.25) is 10.1 Å². The van der Waals surface area contributed by atoms with Crippen LogP contribution in [-0.2, 0) is 0 Å². The van der Waals surface area contributed by atoms with Crippen molar-refractivity contribution in [1.29, 1.82) is 0 Å². The number of rotatable bonds is 5. The molecular formula is C57H35N3O2S. The summed E-state index contributed by atoms with van der Waals surface area (Å²) in [5, 5.41) is 23.7. The van der Waals surface area contributed by atoms with Crippen LogP contribution in [0.15, 0.2) is 194 Å². The molecule has 13 rings (SSSR count). The minimum atomic E-state index is -0.291. The van der Waals surface area contributed by atoms with Gasteiger partial charge in [0.25, 0.3) is 5.69 Å². The molecule has 6 heteroatoms. The van der Waals surface area contributed by atoms with Crippen LogP contribution in [0.5, 0.6) is 0 Å². The third-order valence-electron chi connectivity index (χ3n) is 13.0. The first-order valence-corrected chi connectivity index (χ1v) is 22.0. The molecule has 10 aromatic carbocycles. The molecule has 13 aromatic rings. The van der Waals surface area contributed by atoms with Gasteiger partial charge in [-0.15, -0.1) is 11.3 Å². The van der Waals surface area contributed by atoms with E-state index < -0.39 is 0 Å². The van der Waals surface area contributed by atoms with Gasteiger partial charge in [-0.1, -0.05) is 133 Å². The highest BCUT2D eigenvalue weighted by molar-refractivity contribution is 7.26. The molecule has 0 N–H and O–H groups in total. The van der Waals surface area contributed by atoms with Gasteiger partial charge in [-0.05, 0) is 94.4 Å². The number of thiophene rings is 1. The third kappa shape index (κ3) is 5.35. The number of non-ortho nitro benzene ring substituents is 1. The van der Waals surface area contributed by atoms with E-state index in [1.165, 1.54) is 53.0 Å². The third-order valence-corrected chi connectivity index (χ3v) is 14.2. The van der Waals surface area contributed by atoms with Crippen molar-refractivity contribution in [3.8, 4) is 33.6 Å². The first kappa shape index (κ1) is 35.7. The summed E-state index contributed by atoms with van der Waals surface area (Å²) in [6.07, 6.45) is 0. The summed E-state index contributed by atoms with van der Waals surface area (Å²) in [5.74, 6) is 0. The number of nitrogens with zero attached hydrogens (tertiary/aromatic N) is 3. The van der Waals surface area contributed by atoms with Crippen LogP contribution >= 0.6 is 11.3 Å². The second-order valence-corrected chi connectivity index (χ2v) is 17.7. The summed E-state index contributed by atoms with van der Waals surface area (Å²) in [7, 11) is 0. The van der Waals surface area contributed by atoms with Crippen molar-refractivity contribution in [2.75, 3.05) is 0 Å². The molecule has 296 valence electrons. The molecule has 0 fully saturated rings. The summed E-state index contributed by atoms with van der Waals surface area (Å²) in [6, 6.07) is 68.9. The van der Waals surface area contributed by atoms with Crippen molar-refractivity contribution in [3.05, 3.63) is 210 Å². The Balaban J connectivity index is 1.10. The standard InChI is InChI=1S/C57H35N3O2S/c1-34-18-25-43-39(28-34)12-9-16-50(43)59-53-32-42(60(61)62)24-27-46(53)49-33-48(57-55(56(49)59)47-14-6-8-17-54(47)63-57)40-22-26-45-44-13-5-7-15-51(44)58(52(45)31-40)41-23-21-37-29-36(19-20-38(37)30-41)35-10-3-2-4-11-35/h2-33H,1H3. The molecule has 3 aromatic heterocycles. The van der Waals surface area contributed by atoms with Gasteiger partial charge >= 0.3 is 0 Å². The summed E-state index contributed by atoms with van der Waals surface area (Å²) in [4.78, 5) is 12.1. The Morgan fingerprint density at radius 2 is 1.19 bits per heavy atom. The highest BCUT2D eigenvalue weighted by Crippen LogP contribution is 2.49. The van der Waals surface area contributed by atoms with Crippen LogP contribution in [-0.4, -0.2) is 14.1 Å². The molecule has 0 saturated carbocycles. The number of nitro benzene ring substituents is 1. The number of hydrogen-bond acceptors (Lipinski definition) is 3. The lowest BCUT2D eigenvalue weighted by atomic mass is 9.97. The maximum atomic E-state index is 12.4. The number of nitro groups is 1. The van der Waals surface area contributed by atoms with Crippen molar-refractivity contribution in [3.63, 3.8) is 0 Å². The van der Waals surface area contributed by atoms with E-state index in [4.69, 9.17) is 0 Å². The number of benzene rings is 10. The first-order chi connectivity index (χ1) is 31.0. The van der Waals surface area contributed by atoms with E-state index in [0.29, 0.717) is 0 Å². The molecule has 0 unspecified atom stereocenters. The molecule has 0 amide bonds. The lowest BCUT2D eigenvalue weighted by Gasteiger charge is -2.14. The summed E-state index contributed by atoms with van der Waals surface area (Å²) in [6.45, 7) is 2.11. The molecule has 0 spiro atoms. The van der Waals surface area contributed by atoms with Gasteiger partial charge in [0.05, 0.1) is 32.7 Å². The van der Waals surface area contributed by atoms with Crippen LogP contribution < -0.4 is 0 Å². The van der Waals surface area contributed by atoms with E-state index in [1.54, 1.807) is 12.1 Å². The maximum absolute atomic E-state index is 12.4. The fourth-order valence-electron chi connectivity index (χ4n) is 10.1. The van der Waals surface area contributed by atoms with Crippen LogP contribution in [0, 0.1) is 17.0 Å². The van der Waals surface area contributed by atoms with E-state index >= 15 is 0 Å². The van der Waals surface area contributed by atoms with E-state index in [-0.39, 0.29) is 10.6 Å². The fourth-order valence-corrected chi connectivity index (χ4v) is 11.4. The molecule has 0 aliphatic heterocycles. The number of fused-ring (bicyclic) bond motifs is 12. The Bertz CT molecular complexity index is 4080. The smallest absolute Gasteiger partial charge is 0.271 e. The number of para-hydroxylation sites is 1. The topological polar surface area (TPSA) is 53.0 Å². The maximum Gasteiger partial charge on any atom is 0.271 e. The normalized spacial score (nSPS) is 12.0. The van der Waals surface area contributed by atoms with E-state index in [0.717, 1.165) is 71.5 Å². The van der Waals surface area contributed by atoms with Crippen LogP contribution in [0.2, 0.25) is 0 Å². The van der Waals surface area contributed by atoms with E-state index in [2.05, 4.69) is 192 Å². The molecule has 3 heterocycles. The Morgan fingerprint density at radius 3 is 2.08 bits per heavy atom. The van der Waals surface area contributed by atoms with Crippen molar-refractivity contribution < 1.29 is 4.92 Å². The fraction of sp³-hybridized carbons (Fsp3) is 0.0175. The largest absolute Gasteiger partial charge is 0.309 e. The van der Waals surface area contributed by atoms with Gasteiger partial charge in [0, 0.05) is 70.5 Å². The number of aryl methyl sites for hydroxylation is 1. The monoisotopic (exact) mass is 825 g/mol. The molecule has 0 atom stereocenters. The van der Waals surface area contributed by atoms with Gasteiger partial charge in [0.2, 0.25) is 0 Å². The Hall–Kier alpha value is -8.06. The van der Waals surface area contributed by atoms with Crippen molar-refractivity contribution in [2.24, 2.45) is 0 Å². The molecule has 5 nitrogen and oxygen atoms in total. The molecule has 63 heavy (non-hydrogen) atoms. The molecule has 0 saturated heterocycles. The first-order valence-electron chi connectivity index (χ1n) is 21.2. The average Bonchev–Trinajstić information content (AvgIpc) is 3.98. The lowest BCUT2D eigenvalue weighted by molar-refractivity contribution is -0.384. The quantitative estimate of drug-likeness (QED) is 0.128. The SMILES string of the molecule is Cc1ccc2c(-n3c4cc([N+](=O)[O-])ccc4c4cc(-c5ccc6c7ccccc7n(-c7ccc8cc(-c9ccccc9)ccc8c7)c6c5)c5sc6ccccc6c5c43)cccc2c1. The predicted molar refractivity (Wildman–Crippen MR) is 265 cm³/mol. The lowest BCUT2D eigenvalue weighted by Crippen LogP contribution is -1.97. The van der Waals surface area contributed by atoms with Gasteiger partial charge in [-0.2, -0.15) is 0 Å². The molecular weight excluding hydrogens is 791 g/mol. The Kier molecular flexibility index (Phi) is 7.63. The van der Waals surface area contributed by atoms with Crippen molar-refractivity contribution >= 4 is 102 Å². The van der Waals surface area contributed by atoms with Crippen molar-refractivity contribution in [1.82, 2.24) is 9.13 Å². The Morgan fingerprint density at radius 1 is 0.476 bits per heavy atom. The van der Waals surface area contributed by atoms with Crippen LogP contribution in [0.3, 0.4) is 0 Å². The number of hydrogen-bond donors (Lipinski definition) is 0. The van der Waals surface area contributed by atoms with Gasteiger partial charge < -0.3 is 9.13 Å². The second-order valence-electron chi connectivity index (χ2n) is 16.6. The predicted octanol–water partition coefficient (Wildman–Crippen LogP) is 16.1. The molecule has 0 bridgehead atoms.